The van der Waals surface area contributed by atoms with Crippen LogP contribution in [-0.4, -0.2) is 12.5 Å². The summed E-state index contributed by atoms with van der Waals surface area (Å²) in [5.74, 6) is 6.02. The van der Waals surface area contributed by atoms with E-state index >= 15 is 0 Å². The van der Waals surface area contributed by atoms with Crippen molar-refractivity contribution in [1.29, 1.82) is 0 Å². The summed E-state index contributed by atoms with van der Waals surface area (Å²) in [6.07, 6.45) is 2.18. The van der Waals surface area contributed by atoms with Crippen LogP contribution in [-0.2, 0) is 0 Å². The minimum atomic E-state index is 0.588. The molecule has 0 saturated heterocycles. The van der Waals surface area contributed by atoms with Crippen molar-refractivity contribution < 1.29 is 0 Å². The number of nitrogens with zero attached hydrogens (tertiary/aromatic N) is 1. The first-order valence-corrected chi connectivity index (χ1v) is 6.51. The zero-order chi connectivity index (χ0) is 12.7. The summed E-state index contributed by atoms with van der Waals surface area (Å²) in [4.78, 5) is 4.35. The van der Waals surface area contributed by atoms with Crippen molar-refractivity contribution in [2.75, 3.05) is 11.9 Å². The monoisotopic (exact) mass is 298 g/mol. The second-order valence-corrected chi connectivity index (χ2v) is 4.58. The van der Waals surface area contributed by atoms with Crippen LogP contribution in [0.4, 0.5) is 5.69 Å². The van der Waals surface area contributed by atoms with Crippen molar-refractivity contribution in [2.24, 2.45) is 10.8 Å². The molecule has 4 nitrogen and oxygen atoms in total. The third-order valence-corrected chi connectivity index (χ3v) is 3.42. The van der Waals surface area contributed by atoms with Gasteiger partial charge in [-0.25, -0.2) is 5.84 Å². The van der Waals surface area contributed by atoms with Gasteiger partial charge in [0.15, 0.2) is 0 Å². The first kappa shape index (κ1) is 14.0. The summed E-state index contributed by atoms with van der Waals surface area (Å²) in [7, 11) is 0. The first-order valence-electron chi connectivity index (χ1n) is 5.72. The molecule has 0 aliphatic rings. The Morgan fingerprint density at radius 1 is 1.47 bits per heavy atom. The van der Waals surface area contributed by atoms with E-state index in [1.807, 2.05) is 25.1 Å². The molecule has 5 heteroatoms. The molecule has 1 aromatic carbocycles. The van der Waals surface area contributed by atoms with Crippen LogP contribution in [0.5, 0.6) is 0 Å². The number of unbranched alkanes of at least 4 members (excludes halogenated alkanes) is 1. The van der Waals surface area contributed by atoms with Crippen LogP contribution >= 0.6 is 15.9 Å². The highest BCUT2D eigenvalue weighted by molar-refractivity contribution is 9.10. The lowest BCUT2D eigenvalue weighted by molar-refractivity contribution is 0.801. The van der Waals surface area contributed by atoms with E-state index in [4.69, 9.17) is 5.84 Å². The maximum atomic E-state index is 5.43. The third-order valence-electron chi connectivity index (χ3n) is 2.36. The average molecular weight is 299 g/mol. The Labute approximate surface area is 111 Å². The fraction of sp³-hybridized carbons (Fsp3) is 0.417. The SMILES string of the molecule is CCCCN=C(NN)Nc1cccc(C)c1Br. The predicted molar refractivity (Wildman–Crippen MR) is 77.0 cm³/mol. The fourth-order valence-corrected chi connectivity index (χ4v) is 1.71. The van der Waals surface area contributed by atoms with Gasteiger partial charge in [-0.3, -0.25) is 10.4 Å². The van der Waals surface area contributed by atoms with Crippen molar-refractivity contribution in [3.8, 4) is 0 Å². The number of nitrogens with two attached hydrogens (primary N) is 1. The van der Waals surface area contributed by atoms with Crippen LogP contribution < -0.4 is 16.6 Å². The Morgan fingerprint density at radius 2 is 2.24 bits per heavy atom. The molecule has 0 spiro atoms. The average Bonchev–Trinajstić information content (AvgIpc) is 2.33. The smallest absolute Gasteiger partial charge is 0.210 e. The molecule has 0 aliphatic heterocycles. The molecule has 4 N–H and O–H groups in total. The number of hydrogen-bond donors (Lipinski definition) is 3. The maximum absolute atomic E-state index is 5.43. The molecule has 17 heavy (non-hydrogen) atoms. The lowest BCUT2D eigenvalue weighted by Crippen LogP contribution is -2.36. The van der Waals surface area contributed by atoms with Gasteiger partial charge in [0.2, 0.25) is 5.96 Å². The van der Waals surface area contributed by atoms with Crippen LogP contribution in [0.1, 0.15) is 25.3 Å². The Bertz CT molecular complexity index is 390. The molecule has 0 fully saturated rings. The van der Waals surface area contributed by atoms with Crippen molar-refractivity contribution in [1.82, 2.24) is 5.43 Å². The summed E-state index contributed by atoms with van der Waals surface area (Å²) < 4.78 is 1.03. The first-order chi connectivity index (χ1) is 8.19. The molecule has 1 rings (SSSR count). The van der Waals surface area contributed by atoms with E-state index in [9.17, 15) is 0 Å². The number of anilines is 1. The molecular weight excluding hydrogens is 280 g/mol. The molecule has 0 heterocycles. The third kappa shape index (κ3) is 4.36. The van der Waals surface area contributed by atoms with Crippen LogP contribution in [0.2, 0.25) is 0 Å². The Kier molecular flexibility index (Phi) is 6.00. The number of halogens is 1. The number of nitrogens with one attached hydrogen (secondary N) is 2. The van der Waals surface area contributed by atoms with Gasteiger partial charge in [-0.2, -0.15) is 0 Å². The van der Waals surface area contributed by atoms with Gasteiger partial charge in [-0.1, -0.05) is 25.5 Å². The van der Waals surface area contributed by atoms with Crippen molar-refractivity contribution in [3.05, 3.63) is 28.2 Å². The van der Waals surface area contributed by atoms with Gasteiger partial charge in [0, 0.05) is 11.0 Å². The van der Waals surface area contributed by atoms with Crippen LogP contribution in [0, 0.1) is 6.92 Å². The lowest BCUT2D eigenvalue weighted by atomic mass is 10.2. The highest BCUT2D eigenvalue weighted by Crippen LogP contribution is 2.25. The summed E-state index contributed by atoms with van der Waals surface area (Å²) in [6.45, 7) is 4.95. The normalized spacial score (nSPS) is 11.4. The van der Waals surface area contributed by atoms with E-state index in [1.54, 1.807) is 0 Å². The van der Waals surface area contributed by atoms with Crippen LogP contribution in [0.15, 0.2) is 27.7 Å². The largest absolute Gasteiger partial charge is 0.324 e. The topological polar surface area (TPSA) is 62.4 Å². The fourth-order valence-electron chi connectivity index (χ4n) is 1.34. The van der Waals surface area contributed by atoms with Gasteiger partial charge >= 0.3 is 0 Å². The number of hydrazine groups is 1. The molecule has 0 radical (unpaired) electrons. The number of benzene rings is 1. The molecule has 94 valence electrons. The number of guanidine groups is 1. The quantitative estimate of drug-likeness (QED) is 0.263. The highest BCUT2D eigenvalue weighted by Gasteiger charge is 2.04. The van der Waals surface area contributed by atoms with Crippen molar-refractivity contribution >= 4 is 27.6 Å². The van der Waals surface area contributed by atoms with Gasteiger partial charge < -0.3 is 5.32 Å². The Morgan fingerprint density at radius 3 is 2.88 bits per heavy atom. The summed E-state index contributed by atoms with van der Waals surface area (Å²) in [5, 5.41) is 3.16. The van der Waals surface area contributed by atoms with Gasteiger partial charge in [-0.15, -0.1) is 0 Å². The van der Waals surface area contributed by atoms with Crippen LogP contribution in [0.3, 0.4) is 0 Å². The number of aryl methyl sites for hydroxylation is 1. The van der Waals surface area contributed by atoms with Crippen molar-refractivity contribution in [2.45, 2.75) is 26.7 Å². The number of hydrogen-bond acceptors (Lipinski definition) is 2. The number of aliphatic imine (C=N–C) groups is 1. The summed E-state index contributed by atoms with van der Waals surface area (Å²) >= 11 is 3.53. The molecule has 0 saturated carbocycles. The number of rotatable bonds is 4. The Balaban J connectivity index is 2.73. The molecule has 0 unspecified atom stereocenters. The van der Waals surface area contributed by atoms with E-state index in [0.717, 1.165) is 29.5 Å². The zero-order valence-electron chi connectivity index (χ0n) is 10.3. The minimum absolute atomic E-state index is 0.588. The van der Waals surface area contributed by atoms with Crippen molar-refractivity contribution in [3.63, 3.8) is 0 Å². The van der Waals surface area contributed by atoms with E-state index in [1.165, 1.54) is 5.56 Å². The maximum Gasteiger partial charge on any atom is 0.210 e. The zero-order valence-corrected chi connectivity index (χ0v) is 11.8. The minimum Gasteiger partial charge on any atom is -0.324 e. The van der Waals surface area contributed by atoms with E-state index in [0.29, 0.717) is 5.96 Å². The van der Waals surface area contributed by atoms with Gasteiger partial charge in [-0.05, 0) is 40.9 Å². The van der Waals surface area contributed by atoms with E-state index in [-0.39, 0.29) is 0 Å². The molecule has 1 aromatic rings. The molecule has 0 amide bonds. The van der Waals surface area contributed by atoms with E-state index in [2.05, 4.69) is 38.6 Å². The van der Waals surface area contributed by atoms with Gasteiger partial charge in [0.1, 0.15) is 0 Å². The summed E-state index contributed by atoms with van der Waals surface area (Å²) in [5.41, 5.74) is 4.70. The molecular formula is C12H19BrN4. The molecule has 0 aromatic heterocycles. The molecule has 0 bridgehead atoms. The predicted octanol–water partition coefficient (Wildman–Crippen LogP) is 2.79. The summed E-state index contributed by atoms with van der Waals surface area (Å²) in [6, 6.07) is 6.01. The lowest BCUT2D eigenvalue weighted by Gasteiger charge is -2.12. The molecule has 0 atom stereocenters. The van der Waals surface area contributed by atoms with E-state index < -0.39 is 0 Å². The standard InChI is InChI=1S/C12H19BrN4/c1-3-4-8-15-12(17-14)16-10-7-5-6-9(2)11(10)13/h5-7H,3-4,8,14H2,1-2H3,(H2,15,16,17). The highest BCUT2D eigenvalue weighted by atomic mass is 79.9. The second-order valence-electron chi connectivity index (χ2n) is 3.79. The van der Waals surface area contributed by atoms with Gasteiger partial charge in [0.25, 0.3) is 0 Å². The van der Waals surface area contributed by atoms with Crippen LogP contribution in [0.25, 0.3) is 0 Å². The molecule has 0 aliphatic carbocycles. The Hall–Kier alpha value is -1.07. The second kappa shape index (κ2) is 7.29. The van der Waals surface area contributed by atoms with Gasteiger partial charge in [0.05, 0.1) is 5.69 Å².